The number of nitrogens with one attached hydrogen (secondary N) is 2. The summed E-state index contributed by atoms with van der Waals surface area (Å²) in [6, 6.07) is 11.3. The molecule has 0 aliphatic heterocycles. The Bertz CT molecular complexity index is 1550. The third-order valence-electron chi connectivity index (χ3n) is 4.62. The van der Waals surface area contributed by atoms with E-state index in [1.165, 1.54) is 25.4 Å². The lowest BCUT2D eigenvalue weighted by Gasteiger charge is -2.12. The number of carboxylic acid groups (broad SMARTS) is 1. The lowest BCUT2D eigenvalue weighted by atomic mass is 10.2. The minimum Gasteiger partial charge on any atom is -0.475 e. The van der Waals surface area contributed by atoms with Gasteiger partial charge in [0.1, 0.15) is 22.7 Å². The number of amides is 1. The molecule has 0 saturated carbocycles. The molecule has 4 aromatic rings. The lowest BCUT2D eigenvalue weighted by molar-refractivity contribution is -0.192. The molecule has 0 aliphatic carbocycles. The van der Waals surface area contributed by atoms with Gasteiger partial charge in [0, 0.05) is 31.1 Å². The number of nitrogens with zero attached hydrogens (tertiary/aromatic N) is 4. The number of carbonyl (C=O) groups is 2. The van der Waals surface area contributed by atoms with Crippen molar-refractivity contribution in [1.82, 2.24) is 25.5 Å². The van der Waals surface area contributed by atoms with Gasteiger partial charge in [-0.1, -0.05) is 11.6 Å². The van der Waals surface area contributed by atoms with Crippen molar-refractivity contribution in [2.45, 2.75) is 12.4 Å². The fourth-order valence-electron chi connectivity index (χ4n) is 2.84. The summed E-state index contributed by atoms with van der Waals surface area (Å²) in [5.41, 5.74) is 0.165. The zero-order valence-corrected chi connectivity index (χ0v) is 20.6. The molecule has 0 radical (unpaired) electrons. The zero-order chi connectivity index (χ0) is 29.7. The molecule has 10 nitrogen and oxygen atoms in total. The van der Waals surface area contributed by atoms with Gasteiger partial charge in [-0.05, 0) is 36.4 Å². The predicted molar refractivity (Wildman–Crippen MR) is 128 cm³/mol. The van der Waals surface area contributed by atoms with Crippen LogP contribution in [0.15, 0.2) is 54.7 Å². The van der Waals surface area contributed by atoms with Crippen LogP contribution in [0.3, 0.4) is 0 Å². The van der Waals surface area contributed by atoms with Crippen LogP contribution in [0.1, 0.15) is 16.1 Å². The van der Waals surface area contributed by atoms with E-state index in [2.05, 4.69) is 30.8 Å². The number of aliphatic carboxylic acids is 1. The van der Waals surface area contributed by atoms with Crippen LogP contribution in [0.4, 0.5) is 38.0 Å². The van der Waals surface area contributed by atoms with E-state index in [0.717, 1.165) is 12.1 Å². The molecule has 0 spiro atoms. The number of anilines is 2. The molecule has 0 unspecified atom stereocenters. The van der Waals surface area contributed by atoms with Crippen molar-refractivity contribution in [1.29, 1.82) is 0 Å². The van der Waals surface area contributed by atoms with Crippen LogP contribution in [-0.2, 0) is 11.0 Å². The van der Waals surface area contributed by atoms with Crippen LogP contribution in [0.5, 0.6) is 11.5 Å². The molecule has 1 amide bonds. The van der Waals surface area contributed by atoms with Crippen molar-refractivity contribution < 1.29 is 45.8 Å². The number of carbonyl (C=O) groups excluding carboxylic acids is 1. The summed E-state index contributed by atoms with van der Waals surface area (Å²) in [7, 11) is 1.50. The maximum absolute atomic E-state index is 13.1. The second-order valence-corrected chi connectivity index (χ2v) is 7.87. The van der Waals surface area contributed by atoms with Gasteiger partial charge >= 0.3 is 18.3 Å². The molecule has 2 aromatic heterocycles. The van der Waals surface area contributed by atoms with Crippen molar-refractivity contribution in [3.63, 3.8) is 0 Å². The standard InChI is InChI=1S/C21H14ClF3N6O2.C2HF3O2/c1-26-19(32)18-10-13(6-7-27-18)33-12-3-5-16-17(9-12)30-31-20(29-16)28-11-2-4-15(22)14(8-11)21(23,24)25;3-2(4,5)1(6)7/h2-10H,1H3,(H,26,32)(H,28,29,31);(H,6,7). The lowest BCUT2D eigenvalue weighted by Crippen LogP contribution is -2.21. The van der Waals surface area contributed by atoms with Crippen LogP contribution >= 0.6 is 11.6 Å². The summed E-state index contributed by atoms with van der Waals surface area (Å²) in [5.74, 6) is -2.29. The van der Waals surface area contributed by atoms with Crippen molar-refractivity contribution in [2.24, 2.45) is 0 Å². The molecule has 40 heavy (non-hydrogen) atoms. The molecular formula is C23H15ClF6N6O4. The van der Waals surface area contributed by atoms with E-state index in [1.54, 1.807) is 24.3 Å². The first kappa shape index (κ1) is 29.8. The van der Waals surface area contributed by atoms with E-state index >= 15 is 0 Å². The number of pyridine rings is 1. The van der Waals surface area contributed by atoms with Crippen molar-refractivity contribution in [3.05, 3.63) is 71.0 Å². The smallest absolute Gasteiger partial charge is 0.475 e. The van der Waals surface area contributed by atoms with Gasteiger partial charge in [-0.3, -0.25) is 9.78 Å². The molecule has 210 valence electrons. The maximum atomic E-state index is 13.1. The average molecular weight is 589 g/mol. The van der Waals surface area contributed by atoms with Gasteiger partial charge in [0.05, 0.1) is 16.1 Å². The van der Waals surface area contributed by atoms with E-state index in [4.69, 9.17) is 26.2 Å². The van der Waals surface area contributed by atoms with Gasteiger partial charge < -0.3 is 20.5 Å². The Kier molecular flexibility index (Phi) is 8.93. The molecular weight excluding hydrogens is 574 g/mol. The Labute approximate surface area is 225 Å². The Hall–Kier alpha value is -4.73. The third kappa shape index (κ3) is 7.89. The summed E-state index contributed by atoms with van der Waals surface area (Å²) in [5, 5.41) is 19.8. The maximum Gasteiger partial charge on any atom is 0.490 e. The number of benzene rings is 2. The number of hydrogen-bond donors (Lipinski definition) is 3. The summed E-state index contributed by atoms with van der Waals surface area (Å²) in [6.45, 7) is 0. The fourth-order valence-corrected chi connectivity index (χ4v) is 3.07. The zero-order valence-electron chi connectivity index (χ0n) is 19.8. The monoisotopic (exact) mass is 588 g/mol. The highest BCUT2D eigenvalue weighted by Gasteiger charge is 2.38. The Balaban J connectivity index is 0.000000559. The first-order valence-corrected chi connectivity index (χ1v) is 11.0. The van der Waals surface area contributed by atoms with E-state index in [1.807, 2.05) is 0 Å². The number of aromatic nitrogens is 4. The predicted octanol–water partition coefficient (Wildman–Crippen LogP) is 5.62. The largest absolute Gasteiger partial charge is 0.490 e. The molecule has 0 bridgehead atoms. The van der Waals surface area contributed by atoms with Gasteiger partial charge in [-0.15, -0.1) is 10.2 Å². The average Bonchev–Trinajstić information content (AvgIpc) is 2.88. The highest BCUT2D eigenvalue weighted by molar-refractivity contribution is 6.31. The molecule has 17 heteroatoms. The van der Waals surface area contributed by atoms with Gasteiger partial charge in [0.2, 0.25) is 5.95 Å². The quantitative estimate of drug-likeness (QED) is 0.253. The summed E-state index contributed by atoms with van der Waals surface area (Å²) in [6.07, 6.45) is -8.23. The van der Waals surface area contributed by atoms with Crippen LogP contribution in [0.25, 0.3) is 11.0 Å². The molecule has 0 saturated heterocycles. The van der Waals surface area contributed by atoms with Crippen molar-refractivity contribution in [2.75, 3.05) is 12.4 Å². The Morgan fingerprint density at radius 3 is 2.23 bits per heavy atom. The fraction of sp³-hybridized carbons (Fsp3) is 0.130. The highest BCUT2D eigenvalue weighted by Crippen LogP contribution is 2.36. The van der Waals surface area contributed by atoms with E-state index in [0.29, 0.717) is 22.5 Å². The molecule has 4 rings (SSSR count). The first-order chi connectivity index (χ1) is 18.7. The third-order valence-corrected chi connectivity index (χ3v) is 4.95. The molecule has 2 heterocycles. The first-order valence-electron chi connectivity index (χ1n) is 10.6. The number of rotatable bonds is 5. The Morgan fingerprint density at radius 1 is 0.925 bits per heavy atom. The molecule has 3 N–H and O–H groups in total. The number of carboxylic acids is 1. The molecule has 0 aliphatic rings. The van der Waals surface area contributed by atoms with Gasteiger partial charge in [-0.25, -0.2) is 9.78 Å². The number of alkyl halides is 6. The topological polar surface area (TPSA) is 139 Å². The minimum absolute atomic E-state index is 0.0102. The normalized spacial score (nSPS) is 11.3. The summed E-state index contributed by atoms with van der Waals surface area (Å²) in [4.78, 5) is 28.8. The SMILES string of the molecule is CNC(=O)c1cc(Oc2ccc3nc(Nc4ccc(Cl)c(C(F)(F)F)c4)nnc3c2)ccn1.O=C(O)C(F)(F)F. The van der Waals surface area contributed by atoms with Crippen LogP contribution in [0.2, 0.25) is 5.02 Å². The van der Waals surface area contributed by atoms with E-state index in [-0.39, 0.29) is 23.2 Å². The number of fused-ring (bicyclic) bond motifs is 1. The molecule has 0 atom stereocenters. The summed E-state index contributed by atoms with van der Waals surface area (Å²) < 4.78 is 76.7. The van der Waals surface area contributed by atoms with Gasteiger partial charge in [0.25, 0.3) is 5.91 Å². The molecule has 0 fully saturated rings. The van der Waals surface area contributed by atoms with E-state index in [9.17, 15) is 31.1 Å². The van der Waals surface area contributed by atoms with Crippen molar-refractivity contribution in [3.8, 4) is 11.5 Å². The summed E-state index contributed by atoms with van der Waals surface area (Å²) >= 11 is 5.64. The number of hydrogen-bond acceptors (Lipinski definition) is 8. The van der Waals surface area contributed by atoms with Gasteiger partial charge in [-0.2, -0.15) is 26.3 Å². The van der Waals surface area contributed by atoms with Crippen LogP contribution < -0.4 is 15.4 Å². The van der Waals surface area contributed by atoms with Crippen LogP contribution in [0, 0.1) is 0 Å². The van der Waals surface area contributed by atoms with E-state index < -0.39 is 28.9 Å². The van der Waals surface area contributed by atoms with Crippen LogP contribution in [-0.4, -0.2) is 50.4 Å². The van der Waals surface area contributed by atoms with Gasteiger partial charge in [0.15, 0.2) is 0 Å². The second-order valence-electron chi connectivity index (χ2n) is 7.46. The minimum atomic E-state index is -5.08. The number of ether oxygens (including phenoxy) is 1. The highest BCUT2D eigenvalue weighted by atomic mass is 35.5. The Morgan fingerprint density at radius 2 is 1.60 bits per heavy atom. The second kappa shape index (κ2) is 12.0. The molecule has 2 aromatic carbocycles. The number of halogens is 7. The van der Waals surface area contributed by atoms with Crippen molar-refractivity contribution >= 4 is 46.1 Å².